The van der Waals surface area contributed by atoms with Crippen LogP contribution in [0.25, 0.3) is 21.1 Å². The number of thiazole rings is 1. The van der Waals surface area contributed by atoms with Crippen LogP contribution >= 0.6 is 11.3 Å². The number of hydrogen-bond acceptors (Lipinski definition) is 5. The molecule has 0 atom stereocenters. The second kappa shape index (κ2) is 5.54. The largest absolute Gasteiger partial charge is 0.478 e. The van der Waals surface area contributed by atoms with Gasteiger partial charge in [0.15, 0.2) is 0 Å². The molecule has 2 aromatic heterocycles. The number of H-pyrrole nitrogens is 1. The number of nitrogens with one attached hydrogen (secondary N) is 1. The van der Waals surface area contributed by atoms with Gasteiger partial charge < -0.3 is 10.1 Å². The SMILES string of the molecule is O=C(O)c1ccc2c(=O)[nH]c(Cc3nc4ccccc4s3)nc2c1. The number of para-hydroxylation sites is 1. The van der Waals surface area contributed by atoms with E-state index in [9.17, 15) is 9.59 Å². The summed E-state index contributed by atoms with van der Waals surface area (Å²) in [4.78, 5) is 34.9. The van der Waals surface area contributed by atoms with Crippen LogP contribution in [0.3, 0.4) is 0 Å². The van der Waals surface area contributed by atoms with Crippen LogP contribution in [0.15, 0.2) is 47.3 Å². The molecule has 0 saturated heterocycles. The summed E-state index contributed by atoms with van der Waals surface area (Å²) in [5.74, 6) is -0.583. The molecule has 0 radical (unpaired) electrons. The molecule has 0 aliphatic heterocycles. The van der Waals surface area contributed by atoms with Crippen LogP contribution in [0.1, 0.15) is 21.2 Å². The van der Waals surface area contributed by atoms with Gasteiger partial charge in [-0.1, -0.05) is 12.1 Å². The molecule has 0 bridgehead atoms. The number of aromatic carboxylic acids is 1. The Morgan fingerprint density at radius 2 is 1.96 bits per heavy atom. The van der Waals surface area contributed by atoms with E-state index in [4.69, 9.17) is 5.11 Å². The molecule has 0 aliphatic rings. The Labute approximate surface area is 139 Å². The summed E-state index contributed by atoms with van der Waals surface area (Å²) < 4.78 is 1.07. The Hall–Kier alpha value is -3.06. The van der Waals surface area contributed by atoms with Gasteiger partial charge in [0.1, 0.15) is 10.8 Å². The van der Waals surface area contributed by atoms with Gasteiger partial charge in [0, 0.05) is 0 Å². The van der Waals surface area contributed by atoms with Crippen molar-refractivity contribution in [2.45, 2.75) is 6.42 Å². The Bertz CT molecular complexity index is 1110. The van der Waals surface area contributed by atoms with Crippen molar-refractivity contribution in [1.29, 1.82) is 0 Å². The number of aromatic nitrogens is 3. The lowest BCUT2D eigenvalue weighted by molar-refractivity contribution is 0.0697. The molecule has 0 aliphatic carbocycles. The second-order valence-corrected chi connectivity index (χ2v) is 6.42. The third kappa shape index (κ3) is 2.55. The molecule has 7 heteroatoms. The average Bonchev–Trinajstić information content (AvgIpc) is 2.96. The number of carboxylic acids is 1. The average molecular weight is 337 g/mol. The molecule has 118 valence electrons. The standard InChI is InChI=1S/C17H11N3O3S/c21-16-10-6-5-9(17(22)23)7-12(10)18-14(20-16)8-15-19-11-3-1-2-4-13(11)24-15/h1-7H,8H2,(H,22,23)(H,18,20,21). The van der Waals surface area contributed by atoms with Crippen LogP contribution in [-0.2, 0) is 6.42 Å². The zero-order chi connectivity index (χ0) is 16.7. The fourth-order valence-electron chi connectivity index (χ4n) is 2.54. The Balaban J connectivity index is 1.78. The number of benzene rings is 2. The van der Waals surface area contributed by atoms with E-state index in [-0.39, 0.29) is 11.1 Å². The highest BCUT2D eigenvalue weighted by molar-refractivity contribution is 7.18. The predicted molar refractivity (Wildman–Crippen MR) is 91.7 cm³/mol. The maximum absolute atomic E-state index is 12.2. The zero-order valence-corrected chi connectivity index (χ0v) is 13.1. The van der Waals surface area contributed by atoms with Crippen molar-refractivity contribution in [2.24, 2.45) is 0 Å². The molecule has 0 unspecified atom stereocenters. The zero-order valence-electron chi connectivity index (χ0n) is 12.3. The van der Waals surface area contributed by atoms with E-state index >= 15 is 0 Å². The first-order chi connectivity index (χ1) is 11.6. The molecular formula is C17H11N3O3S. The highest BCUT2D eigenvalue weighted by Gasteiger charge is 2.10. The van der Waals surface area contributed by atoms with Gasteiger partial charge in [0.2, 0.25) is 0 Å². The number of hydrogen-bond donors (Lipinski definition) is 2. The van der Waals surface area contributed by atoms with Gasteiger partial charge in [0.05, 0.1) is 33.1 Å². The van der Waals surface area contributed by atoms with E-state index in [2.05, 4.69) is 15.0 Å². The number of aromatic amines is 1. The van der Waals surface area contributed by atoms with Crippen LogP contribution in [-0.4, -0.2) is 26.0 Å². The van der Waals surface area contributed by atoms with Gasteiger partial charge in [-0.25, -0.2) is 14.8 Å². The summed E-state index contributed by atoms with van der Waals surface area (Å²) in [6.45, 7) is 0. The first kappa shape index (κ1) is 14.5. The molecule has 24 heavy (non-hydrogen) atoms. The fraction of sp³-hybridized carbons (Fsp3) is 0.0588. The molecular weight excluding hydrogens is 326 g/mol. The molecule has 0 amide bonds. The van der Waals surface area contributed by atoms with Crippen LogP contribution in [0.4, 0.5) is 0 Å². The summed E-state index contributed by atoms with van der Waals surface area (Å²) in [6.07, 6.45) is 0.391. The summed E-state index contributed by atoms with van der Waals surface area (Å²) in [5.41, 5.74) is 1.10. The topological polar surface area (TPSA) is 95.9 Å². The molecule has 6 nitrogen and oxygen atoms in total. The predicted octanol–water partition coefficient (Wildman–Crippen LogP) is 2.82. The van der Waals surface area contributed by atoms with Gasteiger partial charge in [-0.15, -0.1) is 11.3 Å². The summed E-state index contributed by atoms with van der Waals surface area (Å²) in [6, 6.07) is 12.1. The monoisotopic (exact) mass is 337 g/mol. The fourth-order valence-corrected chi connectivity index (χ4v) is 3.52. The summed E-state index contributed by atoms with van der Waals surface area (Å²) in [7, 11) is 0. The van der Waals surface area contributed by atoms with Crippen LogP contribution in [0.5, 0.6) is 0 Å². The van der Waals surface area contributed by atoms with Gasteiger partial charge in [-0.2, -0.15) is 0 Å². The molecule has 0 spiro atoms. The maximum Gasteiger partial charge on any atom is 0.335 e. The molecule has 0 fully saturated rings. The van der Waals surface area contributed by atoms with Gasteiger partial charge in [0.25, 0.3) is 5.56 Å². The van der Waals surface area contributed by atoms with Crippen molar-refractivity contribution in [3.63, 3.8) is 0 Å². The number of rotatable bonds is 3. The lowest BCUT2D eigenvalue weighted by Gasteiger charge is -2.02. The minimum atomic E-state index is -1.05. The summed E-state index contributed by atoms with van der Waals surface area (Å²) >= 11 is 1.54. The van der Waals surface area contributed by atoms with E-state index in [0.717, 1.165) is 15.2 Å². The van der Waals surface area contributed by atoms with E-state index in [1.165, 1.54) is 18.2 Å². The third-order valence-corrected chi connectivity index (χ3v) is 4.70. The van der Waals surface area contributed by atoms with Crippen molar-refractivity contribution in [3.05, 3.63) is 69.2 Å². The third-order valence-electron chi connectivity index (χ3n) is 3.66. The lowest BCUT2D eigenvalue weighted by atomic mass is 10.1. The Morgan fingerprint density at radius 1 is 1.12 bits per heavy atom. The van der Waals surface area contributed by atoms with Crippen LogP contribution < -0.4 is 5.56 Å². The van der Waals surface area contributed by atoms with Crippen molar-refractivity contribution in [3.8, 4) is 0 Å². The highest BCUT2D eigenvalue weighted by Crippen LogP contribution is 2.23. The molecule has 2 aromatic carbocycles. The Morgan fingerprint density at radius 3 is 2.75 bits per heavy atom. The first-order valence-corrected chi connectivity index (χ1v) is 8.02. The number of fused-ring (bicyclic) bond motifs is 2. The highest BCUT2D eigenvalue weighted by atomic mass is 32.1. The van der Waals surface area contributed by atoms with Crippen LogP contribution in [0, 0.1) is 0 Å². The Kier molecular flexibility index (Phi) is 3.35. The number of carbonyl (C=O) groups is 1. The van der Waals surface area contributed by atoms with Crippen molar-refractivity contribution in [2.75, 3.05) is 0 Å². The van der Waals surface area contributed by atoms with E-state index in [1.807, 2.05) is 24.3 Å². The van der Waals surface area contributed by atoms with Gasteiger partial charge >= 0.3 is 5.97 Å². The second-order valence-electron chi connectivity index (χ2n) is 5.30. The normalized spacial score (nSPS) is 11.2. The van der Waals surface area contributed by atoms with E-state index in [1.54, 1.807) is 11.3 Å². The van der Waals surface area contributed by atoms with Crippen molar-refractivity contribution >= 4 is 38.4 Å². The first-order valence-electron chi connectivity index (χ1n) is 7.21. The number of nitrogens with zero attached hydrogens (tertiary/aromatic N) is 2. The van der Waals surface area contributed by atoms with Crippen molar-refractivity contribution < 1.29 is 9.90 Å². The van der Waals surface area contributed by atoms with E-state index in [0.29, 0.717) is 23.1 Å². The minimum Gasteiger partial charge on any atom is -0.478 e. The summed E-state index contributed by atoms with van der Waals surface area (Å²) in [5, 5.41) is 10.3. The van der Waals surface area contributed by atoms with Gasteiger partial charge in [-0.3, -0.25) is 4.79 Å². The quantitative estimate of drug-likeness (QED) is 0.599. The molecule has 0 saturated carbocycles. The lowest BCUT2D eigenvalue weighted by Crippen LogP contribution is -2.12. The van der Waals surface area contributed by atoms with E-state index < -0.39 is 5.97 Å². The minimum absolute atomic E-state index is 0.103. The molecule has 2 heterocycles. The number of carboxylic acid groups (broad SMARTS) is 1. The maximum atomic E-state index is 12.2. The molecule has 2 N–H and O–H groups in total. The smallest absolute Gasteiger partial charge is 0.335 e. The van der Waals surface area contributed by atoms with Gasteiger partial charge in [-0.05, 0) is 30.3 Å². The molecule has 4 aromatic rings. The molecule has 4 rings (SSSR count). The van der Waals surface area contributed by atoms with Crippen molar-refractivity contribution in [1.82, 2.24) is 15.0 Å². The van der Waals surface area contributed by atoms with Crippen LogP contribution in [0.2, 0.25) is 0 Å².